The number of ether oxygens (including phenoxy) is 1. The molecule has 4 rings (SSSR count). The minimum atomic E-state index is -0.378. The van der Waals surface area contributed by atoms with Gasteiger partial charge in [0.25, 0.3) is 0 Å². The van der Waals surface area contributed by atoms with E-state index < -0.39 is 0 Å². The van der Waals surface area contributed by atoms with Crippen molar-refractivity contribution in [3.05, 3.63) is 35.9 Å². The van der Waals surface area contributed by atoms with Crippen LogP contribution in [-0.4, -0.2) is 35.2 Å². The van der Waals surface area contributed by atoms with Gasteiger partial charge in [-0.1, -0.05) is 0 Å². The summed E-state index contributed by atoms with van der Waals surface area (Å²) in [5.41, 5.74) is 3.37. The summed E-state index contributed by atoms with van der Waals surface area (Å²) < 4.78 is 19.0. The third kappa shape index (κ3) is 2.92. The lowest BCUT2D eigenvalue weighted by atomic mass is 10.1. The molecule has 3 aromatic rings. The van der Waals surface area contributed by atoms with Gasteiger partial charge in [0.05, 0.1) is 12.6 Å². The number of nitrogens with one attached hydrogen (secondary N) is 1. The van der Waals surface area contributed by atoms with Crippen LogP contribution in [0.4, 0.5) is 10.2 Å². The van der Waals surface area contributed by atoms with Crippen LogP contribution >= 0.6 is 0 Å². The molecular formula is C19H21FN4O. The van der Waals surface area contributed by atoms with Gasteiger partial charge in [-0.3, -0.25) is 0 Å². The number of aromatic amines is 1. The minimum absolute atomic E-state index is 0.240. The van der Waals surface area contributed by atoms with E-state index in [4.69, 9.17) is 4.74 Å². The average molecular weight is 340 g/mol. The fourth-order valence-electron chi connectivity index (χ4n) is 3.43. The number of aromatic nitrogens is 3. The van der Waals surface area contributed by atoms with Crippen LogP contribution in [0.1, 0.15) is 25.1 Å². The van der Waals surface area contributed by atoms with Crippen LogP contribution < -0.4 is 9.64 Å². The first-order valence-corrected chi connectivity index (χ1v) is 8.62. The van der Waals surface area contributed by atoms with Crippen molar-refractivity contribution >= 4 is 16.9 Å². The van der Waals surface area contributed by atoms with Gasteiger partial charge in [0.2, 0.25) is 0 Å². The molecule has 1 aliphatic heterocycles. The molecule has 5 nitrogen and oxygen atoms in total. The van der Waals surface area contributed by atoms with E-state index in [9.17, 15) is 4.39 Å². The Balaban J connectivity index is 1.80. The van der Waals surface area contributed by atoms with E-state index in [2.05, 4.69) is 19.9 Å². The average Bonchev–Trinajstić information content (AvgIpc) is 3.05. The molecule has 0 radical (unpaired) electrons. The summed E-state index contributed by atoms with van der Waals surface area (Å²) in [5, 5.41) is 0. The molecule has 6 heteroatoms. The predicted octanol–water partition coefficient (Wildman–Crippen LogP) is 4.07. The molecule has 1 aromatic carbocycles. The molecule has 0 bridgehead atoms. The molecule has 2 aromatic heterocycles. The Labute approximate surface area is 145 Å². The first-order chi connectivity index (χ1) is 12.2. The van der Waals surface area contributed by atoms with Crippen LogP contribution in [0, 0.1) is 12.7 Å². The zero-order chi connectivity index (χ0) is 17.4. The highest BCUT2D eigenvalue weighted by Crippen LogP contribution is 2.31. The SMILES string of the molecule is COc1ccc(-c2cc3nc(C)nc(N4CCCCC4)c3[nH]2)cc1F. The third-order valence-electron chi connectivity index (χ3n) is 4.69. The first-order valence-electron chi connectivity index (χ1n) is 8.62. The zero-order valence-corrected chi connectivity index (χ0v) is 14.5. The van der Waals surface area contributed by atoms with E-state index in [1.807, 2.05) is 19.1 Å². The highest BCUT2D eigenvalue weighted by atomic mass is 19.1. The number of hydrogen-bond acceptors (Lipinski definition) is 4. The Morgan fingerprint density at radius 1 is 1.12 bits per heavy atom. The highest BCUT2D eigenvalue weighted by molar-refractivity contribution is 5.91. The second-order valence-corrected chi connectivity index (χ2v) is 6.43. The molecule has 1 saturated heterocycles. The van der Waals surface area contributed by atoms with Gasteiger partial charge in [0, 0.05) is 24.3 Å². The highest BCUT2D eigenvalue weighted by Gasteiger charge is 2.18. The summed E-state index contributed by atoms with van der Waals surface area (Å²) in [5.74, 6) is 1.56. The maximum atomic E-state index is 14.1. The van der Waals surface area contributed by atoms with Gasteiger partial charge in [0.15, 0.2) is 17.4 Å². The number of H-pyrrole nitrogens is 1. The van der Waals surface area contributed by atoms with Gasteiger partial charge in [0.1, 0.15) is 11.3 Å². The monoisotopic (exact) mass is 340 g/mol. The Kier molecular flexibility index (Phi) is 4.03. The number of fused-ring (bicyclic) bond motifs is 1. The smallest absolute Gasteiger partial charge is 0.165 e. The van der Waals surface area contributed by atoms with Crippen molar-refractivity contribution < 1.29 is 9.13 Å². The van der Waals surface area contributed by atoms with Crippen LogP contribution in [0.25, 0.3) is 22.3 Å². The molecule has 25 heavy (non-hydrogen) atoms. The van der Waals surface area contributed by atoms with Gasteiger partial charge in [-0.2, -0.15) is 0 Å². The number of anilines is 1. The number of benzene rings is 1. The Morgan fingerprint density at radius 3 is 2.64 bits per heavy atom. The van der Waals surface area contributed by atoms with E-state index >= 15 is 0 Å². The molecule has 3 heterocycles. The number of methoxy groups -OCH3 is 1. The molecule has 1 N–H and O–H groups in total. The summed E-state index contributed by atoms with van der Waals surface area (Å²) in [4.78, 5) is 14.9. The van der Waals surface area contributed by atoms with Crippen LogP contribution in [-0.2, 0) is 0 Å². The van der Waals surface area contributed by atoms with Gasteiger partial charge in [-0.05, 0) is 50.5 Å². The summed E-state index contributed by atoms with van der Waals surface area (Å²) in [7, 11) is 1.46. The van der Waals surface area contributed by atoms with E-state index in [1.165, 1.54) is 32.4 Å². The second-order valence-electron chi connectivity index (χ2n) is 6.43. The van der Waals surface area contributed by atoms with Crippen LogP contribution in [0.15, 0.2) is 24.3 Å². The summed E-state index contributed by atoms with van der Waals surface area (Å²) in [6.07, 6.45) is 3.63. The molecule has 0 spiro atoms. The van der Waals surface area contributed by atoms with E-state index in [1.54, 1.807) is 6.07 Å². The van der Waals surface area contributed by atoms with Crippen molar-refractivity contribution in [1.29, 1.82) is 0 Å². The standard InChI is InChI=1S/C19H21FN4O/c1-12-21-16-11-15(13-6-7-17(25-2)14(20)10-13)23-18(16)19(22-12)24-8-4-3-5-9-24/h6-7,10-11,23H,3-5,8-9H2,1-2H3. The molecule has 1 fully saturated rings. The number of aryl methyl sites for hydroxylation is 1. The summed E-state index contributed by atoms with van der Waals surface area (Å²) in [6, 6.07) is 6.91. The Morgan fingerprint density at radius 2 is 1.92 bits per heavy atom. The van der Waals surface area contributed by atoms with Gasteiger partial charge < -0.3 is 14.6 Å². The lowest BCUT2D eigenvalue weighted by Gasteiger charge is -2.28. The summed E-state index contributed by atoms with van der Waals surface area (Å²) in [6.45, 7) is 3.93. The van der Waals surface area contributed by atoms with Crippen molar-refractivity contribution in [3.8, 4) is 17.0 Å². The molecule has 0 saturated carbocycles. The van der Waals surface area contributed by atoms with Crippen molar-refractivity contribution in [2.45, 2.75) is 26.2 Å². The number of nitrogens with zero attached hydrogens (tertiary/aromatic N) is 3. The zero-order valence-electron chi connectivity index (χ0n) is 14.5. The first kappa shape index (κ1) is 15.9. The van der Waals surface area contributed by atoms with Crippen LogP contribution in [0.2, 0.25) is 0 Å². The van der Waals surface area contributed by atoms with Crippen molar-refractivity contribution in [2.75, 3.05) is 25.1 Å². The maximum Gasteiger partial charge on any atom is 0.165 e. The topological polar surface area (TPSA) is 54.0 Å². The van der Waals surface area contributed by atoms with Crippen LogP contribution in [0.5, 0.6) is 5.75 Å². The normalized spacial score (nSPS) is 14.9. The molecule has 0 atom stereocenters. The van der Waals surface area contributed by atoms with Gasteiger partial charge in [-0.25, -0.2) is 14.4 Å². The Hall–Kier alpha value is -2.63. The van der Waals surface area contributed by atoms with E-state index in [0.717, 1.165) is 47.0 Å². The fourth-order valence-corrected chi connectivity index (χ4v) is 3.43. The molecule has 1 aliphatic rings. The quantitative estimate of drug-likeness (QED) is 0.781. The summed E-state index contributed by atoms with van der Waals surface area (Å²) >= 11 is 0. The van der Waals surface area contributed by atoms with Crippen molar-refractivity contribution in [3.63, 3.8) is 0 Å². The number of halogens is 1. The second kappa shape index (κ2) is 6.35. The van der Waals surface area contributed by atoms with Gasteiger partial charge in [-0.15, -0.1) is 0 Å². The Bertz CT molecular complexity index is 915. The lowest BCUT2D eigenvalue weighted by Crippen LogP contribution is -2.30. The fraction of sp³-hybridized carbons (Fsp3) is 0.368. The third-order valence-corrected chi connectivity index (χ3v) is 4.69. The molecule has 0 unspecified atom stereocenters. The van der Waals surface area contributed by atoms with E-state index in [-0.39, 0.29) is 11.6 Å². The lowest BCUT2D eigenvalue weighted by molar-refractivity contribution is 0.386. The maximum absolute atomic E-state index is 14.1. The number of rotatable bonds is 3. The molecule has 130 valence electrons. The molecule has 0 amide bonds. The largest absolute Gasteiger partial charge is 0.494 e. The molecular weight excluding hydrogens is 319 g/mol. The van der Waals surface area contributed by atoms with E-state index in [0.29, 0.717) is 0 Å². The molecule has 0 aliphatic carbocycles. The number of hydrogen-bond donors (Lipinski definition) is 1. The van der Waals surface area contributed by atoms with Gasteiger partial charge >= 0.3 is 0 Å². The van der Waals surface area contributed by atoms with Crippen molar-refractivity contribution in [2.24, 2.45) is 0 Å². The predicted molar refractivity (Wildman–Crippen MR) is 96.6 cm³/mol. The van der Waals surface area contributed by atoms with Crippen molar-refractivity contribution in [1.82, 2.24) is 15.0 Å². The number of piperidine rings is 1. The minimum Gasteiger partial charge on any atom is -0.494 e. The van der Waals surface area contributed by atoms with Crippen LogP contribution in [0.3, 0.4) is 0 Å².